The van der Waals surface area contributed by atoms with Crippen molar-refractivity contribution in [3.8, 4) is 0 Å². The number of carbonyl (C=O) groups is 1. The van der Waals surface area contributed by atoms with Crippen LogP contribution in [0.4, 0.5) is 0 Å². The molecule has 0 aromatic heterocycles. The number of esters is 1. The molecular formula is C21H41IN4O2. The third kappa shape index (κ3) is 8.84. The molecule has 2 aliphatic rings. The van der Waals surface area contributed by atoms with Crippen LogP contribution in [0.15, 0.2) is 4.99 Å². The monoisotopic (exact) mass is 508 g/mol. The molecule has 2 saturated heterocycles. The largest absolute Gasteiger partial charge is 0.466 e. The van der Waals surface area contributed by atoms with Crippen LogP contribution in [0.3, 0.4) is 0 Å². The van der Waals surface area contributed by atoms with Crippen LogP contribution in [-0.4, -0.2) is 74.1 Å². The molecule has 0 aliphatic carbocycles. The van der Waals surface area contributed by atoms with Crippen LogP contribution >= 0.6 is 24.0 Å². The third-order valence-electron chi connectivity index (χ3n) is 5.77. The standard InChI is InChI=1S/C21H40N4O2.HI/c1-4-22-21(25-16-10-19(11-17-25)20(26)27-5-2)23-12-6-7-13-24-14-8-18(3)9-15-24;/h18-19H,4-17H2,1-3H3,(H,22,23);1H. The van der Waals surface area contributed by atoms with E-state index in [-0.39, 0.29) is 35.9 Å². The van der Waals surface area contributed by atoms with Crippen LogP contribution in [0.2, 0.25) is 0 Å². The summed E-state index contributed by atoms with van der Waals surface area (Å²) in [5, 5.41) is 3.42. The first kappa shape index (κ1) is 25.5. The quantitative estimate of drug-likeness (QED) is 0.179. The zero-order chi connectivity index (χ0) is 19.5. The minimum atomic E-state index is -0.0359. The number of halogens is 1. The van der Waals surface area contributed by atoms with Gasteiger partial charge in [-0.2, -0.15) is 0 Å². The van der Waals surface area contributed by atoms with Gasteiger partial charge in [0.1, 0.15) is 0 Å². The van der Waals surface area contributed by atoms with E-state index in [0.717, 1.165) is 57.3 Å². The number of nitrogens with zero attached hydrogens (tertiary/aromatic N) is 3. The number of rotatable bonds is 8. The number of guanidine groups is 1. The maximum Gasteiger partial charge on any atom is 0.309 e. The Labute approximate surface area is 188 Å². The van der Waals surface area contributed by atoms with Gasteiger partial charge >= 0.3 is 5.97 Å². The minimum absolute atomic E-state index is 0. The first-order valence-electron chi connectivity index (χ1n) is 11.1. The van der Waals surface area contributed by atoms with E-state index in [2.05, 4.69) is 29.0 Å². The van der Waals surface area contributed by atoms with Crippen molar-refractivity contribution in [3.05, 3.63) is 0 Å². The Morgan fingerprint density at radius 1 is 1.07 bits per heavy atom. The normalized spacial score (nSPS) is 20.0. The summed E-state index contributed by atoms with van der Waals surface area (Å²) in [7, 11) is 0. The van der Waals surface area contributed by atoms with Crippen molar-refractivity contribution in [3.63, 3.8) is 0 Å². The average Bonchev–Trinajstić information content (AvgIpc) is 2.68. The molecule has 1 N–H and O–H groups in total. The van der Waals surface area contributed by atoms with E-state index in [4.69, 9.17) is 9.73 Å². The summed E-state index contributed by atoms with van der Waals surface area (Å²) < 4.78 is 5.16. The Balaban J connectivity index is 0.00000392. The lowest BCUT2D eigenvalue weighted by atomic mass is 9.97. The van der Waals surface area contributed by atoms with Gasteiger partial charge in [-0.1, -0.05) is 6.92 Å². The van der Waals surface area contributed by atoms with E-state index in [1.807, 2.05) is 6.92 Å². The Bertz CT molecular complexity index is 459. The van der Waals surface area contributed by atoms with E-state index in [1.54, 1.807) is 0 Å². The van der Waals surface area contributed by atoms with Gasteiger partial charge in [0.05, 0.1) is 12.5 Å². The predicted octanol–water partition coefficient (Wildman–Crippen LogP) is 3.36. The molecule has 0 aromatic rings. The highest BCUT2D eigenvalue weighted by atomic mass is 127. The van der Waals surface area contributed by atoms with E-state index >= 15 is 0 Å². The van der Waals surface area contributed by atoms with Crippen molar-refractivity contribution in [2.75, 3.05) is 52.4 Å². The fourth-order valence-electron chi connectivity index (χ4n) is 3.93. The number of hydrogen-bond donors (Lipinski definition) is 1. The van der Waals surface area contributed by atoms with Crippen molar-refractivity contribution >= 4 is 35.9 Å². The van der Waals surface area contributed by atoms with Gasteiger partial charge in [0, 0.05) is 26.2 Å². The first-order valence-corrected chi connectivity index (χ1v) is 11.1. The fourth-order valence-corrected chi connectivity index (χ4v) is 3.93. The minimum Gasteiger partial charge on any atom is -0.466 e. The molecular weight excluding hydrogens is 467 g/mol. The maximum absolute atomic E-state index is 11.9. The molecule has 6 nitrogen and oxygen atoms in total. The second kappa shape index (κ2) is 14.4. The lowest BCUT2D eigenvalue weighted by Crippen LogP contribution is -2.46. The molecule has 0 aromatic carbocycles. The van der Waals surface area contributed by atoms with E-state index in [1.165, 1.54) is 38.9 Å². The van der Waals surface area contributed by atoms with E-state index < -0.39 is 0 Å². The Morgan fingerprint density at radius 3 is 2.36 bits per heavy atom. The summed E-state index contributed by atoms with van der Waals surface area (Å²) in [6, 6.07) is 0. The summed E-state index contributed by atoms with van der Waals surface area (Å²) in [4.78, 5) is 21.6. The van der Waals surface area contributed by atoms with Gasteiger partial charge in [-0.25, -0.2) is 0 Å². The lowest BCUT2D eigenvalue weighted by molar-refractivity contribution is -0.149. The zero-order valence-corrected chi connectivity index (χ0v) is 20.5. The second-order valence-electron chi connectivity index (χ2n) is 7.98. The molecule has 0 unspecified atom stereocenters. The van der Waals surface area contributed by atoms with Crippen LogP contribution in [0.5, 0.6) is 0 Å². The summed E-state index contributed by atoms with van der Waals surface area (Å²) in [5.41, 5.74) is 0. The fraction of sp³-hybridized carbons (Fsp3) is 0.905. The topological polar surface area (TPSA) is 57.2 Å². The molecule has 0 radical (unpaired) electrons. The van der Waals surface area contributed by atoms with Crippen molar-refractivity contribution < 1.29 is 9.53 Å². The number of nitrogens with one attached hydrogen (secondary N) is 1. The van der Waals surface area contributed by atoms with Crippen LogP contribution in [0.25, 0.3) is 0 Å². The van der Waals surface area contributed by atoms with Gasteiger partial charge < -0.3 is 19.9 Å². The van der Waals surface area contributed by atoms with Gasteiger partial charge in [0.25, 0.3) is 0 Å². The van der Waals surface area contributed by atoms with Crippen LogP contribution in [-0.2, 0) is 9.53 Å². The predicted molar refractivity (Wildman–Crippen MR) is 126 cm³/mol. The molecule has 0 amide bonds. The summed E-state index contributed by atoms with van der Waals surface area (Å²) >= 11 is 0. The van der Waals surface area contributed by atoms with Gasteiger partial charge in [-0.05, 0) is 77.9 Å². The van der Waals surface area contributed by atoms with Crippen LogP contribution < -0.4 is 5.32 Å². The smallest absolute Gasteiger partial charge is 0.309 e. The highest BCUT2D eigenvalue weighted by molar-refractivity contribution is 14.0. The molecule has 0 spiro atoms. The highest BCUT2D eigenvalue weighted by Crippen LogP contribution is 2.19. The first-order chi connectivity index (χ1) is 13.1. The van der Waals surface area contributed by atoms with Gasteiger partial charge in [-0.15, -0.1) is 24.0 Å². The van der Waals surface area contributed by atoms with Gasteiger partial charge in [-0.3, -0.25) is 9.79 Å². The lowest BCUT2D eigenvalue weighted by Gasteiger charge is -2.33. The average molecular weight is 508 g/mol. The Hall–Kier alpha value is -0.570. The summed E-state index contributed by atoms with van der Waals surface area (Å²) in [6.07, 6.45) is 6.78. The third-order valence-corrected chi connectivity index (χ3v) is 5.77. The zero-order valence-electron chi connectivity index (χ0n) is 18.1. The van der Waals surface area contributed by atoms with Crippen molar-refractivity contribution in [1.82, 2.24) is 15.1 Å². The Kier molecular flexibility index (Phi) is 13.1. The maximum atomic E-state index is 11.9. The molecule has 28 heavy (non-hydrogen) atoms. The molecule has 2 fully saturated rings. The molecule has 2 rings (SSSR count). The molecule has 7 heteroatoms. The molecule has 164 valence electrons. The highest BCUT2D eigenvalue weighted by Gasteiger charge is 2.27. The number of ether oxygens (including phenoxy) is 1. The van der Waals surface area contributed by atoms with Crippen molar-refractivity contribution in [2.24, 2.45) is 16.8 Å². The molecule has 0 saturated carbocycles. The van der Waals surface area contributed by atoms with Crippen LogP contribution in [0, 0.1) is 11.8 Å². The van der Waals surface area contributed by atoms with Crippen LogP contribution in [0.1, 0.15) is 59.3 Å². The summed E-state index contributed by atoms with van der Waals surface area (Å²) in [5.74, 6) is 1.93. The number of carbonyl (C=O) groups excluding carboxylic acids is 1. The Morgan fingerprint density at radius 2 is 1.75 bits per heavy atom. The number of unbranched alkanes of at least 4 members (excludes halogenated alkanes) is 1. The van der Waals surface area contributed by atoms with E-state index in [9.17, 15) is 4.79 Å². The summed E-state index contributed by atoms with van der Waals surface area (Å²) in [6.45, 7) is 14.1. The molecule has 0 atom stereocenters. The number of piperidine rings is 2. The van der Waals surface area contributed by atoms with E-state index in [0.29, 0.717) is 6.61 Å². The number of likely N-dealkylation sites (tertiary alicyclic amines) is 2. The van der Waals surface area contributed by atoms with Crippen molar-refractivity contribution in [1.29, 1.82) is 0 Å². The molecule has 2 heterocycles. The van der Waals surface area contributed by atoms with Crippen molar-refractivity contribution in [2.45, 2.75) is 59.3 Å². The second-order valence-corrected chi connectivity index (χ2v) is 7.98. The van der Waals surface area contributed by atoms with Gasteiger partial charge in [0.2, 0.25) is 0 Å². The molecule has 0 bridgehead atoms. The SMILES string of the molecule is CCNC(=NCCCCN1CCC(C)CC1)N1CCC(C(=O)OCC)CC1.I. The number of hydrogen-bond acceptors (Lipinski definition) is 4. The van der Waals surface area contributed by atoms with Gasteiger partial charge in [0.15, 0.2) is 5.96 Å². The molecule has 2 aliphatic heterocycles. The number of aliphatic imine (C=N–C) groups is 1.